The molecule has 3 heterocycles. The van der Waals surface area contributed by atoms with Crippen LogP contribution in [0.5, 0.6) is 0 Å². The minimum Gasteiger partial charge on any atom is -0.343 e. The molecule has 1 unspecified atom stereocenters. The van der Waals surface area contributed by atoms with Crippen molar-refractivity contribution in [2.45, 2.75) is 40.0 Å². The summed E-state index contributed by atoms with van der Waals surface area (Å²) in [5.41, 5.74) is 3.33. The number of carbonyl (C=O) groups is 1. The van der Waals surface area contributed by atoms with Gasteiger partial charge in [0.05, 0.1) is 11.4 Å². The first kappa shape index (κ1) is 16.1. The number of hydrogen-bond donors (Lipinski definition) is 0. The molecule has 1 amide bonds. The highest BCUT2D eigenvalue weighted by Gasteiger charge is 2.22. The fourth-order valence-corrected chi connectivity index (χ4v) is 4.03. The maximum atomic E-state index is 11.6. The van der Waals surface area contributed by atoms with E-state index in [0.717, 1.165) is 42.3 Å². The minimum atomic E-state index is 0.193. The zero-order valence-corrected chi connectivity index (χ0v) is 14.8. The normalized spacial score (nSPS) is 18.2. The molecule has 1 atom stereocenters. The zero-order valence-electron chi connectivity index (χ0n) is 14.0. The fourth-order valence-electron chi connectivity index (χ4n) is 3.15. The average Bonchev–Trinajstić information content (AvgIpc) is 2.87. The van der Waals surface area contributed by atoms with E-state index >= 15 is 0 Å². The van der Waals surface area contributed by atoms with Crippen LogP contribution in [0.25, 0.3) is 10.7 Å². The Labute approximate surface area is 141 Å². The largest absolute Gasteiger partial charge is 0.343 e. The Morgan fingerprint density at radius 3 is 2.96 bits per heavy atom. The van der Waals surface area contributed by atoms with Crippen LogP contribution in [0.15, 0.2) is 18.3 Å². The second-order valence-electron chi connectivity index (χ2n) is 6.39. The number of likely N-dealkylation sites (tertiary alicyclic amines) is 1. The molecule has 122 valence electrons. The number of hydrogen-bond acceptors (Lipinski definition) is 4. The number of piperidine rings is 1. The lowest BCUT2D eigenvalue weighted by Gasteiger charge is -2.32. The number of aromatic nitrogens is 2. The van der Waals surface area contributed by atoms with E-state index in [1.54, 1.807) is 18.3 Å². The molecule has 1 saturated heterocycles. The number of pyridine rings is 1. The highest BCUT2D eigenvalue weighted by atomic mass is 32.1. The molecule has 2 aromatic heterocycles. The number of aryl methyl sites for hydroxylation is 2. The van der Waals surface area contributed by atoms with Crippen molar-refractivity contribution in [1.29, 1.82) is 0 Å². The summed E-state index contributed by atoms with van der Waals surface area (Å²) >= 11 is 1.70. The van der Waals surface area contributed by atoms with Crippen LogP contribution in [0, 0.1) is 19.8 Å². The number of amides is 1. The Morgan fingerprint density at radius 2 is 2.26 bits per heavy atom. The van der Waals surface area contributed by atoms with Crippen molar-refractivity contribution in [1.82, 2.24) is 14.9 Å². The molecule has 1 aliphatic heterocycles. The molecular weight excluding hydrogens is 306 g/mol. The Kier molecular flexibility index (Phi) is 4.76. The van der Waals surface area contributed by atoms with Gasteiger partial charge in [-0.15, -0.1) is 11.3 Å². The van der Waals surface area contributed by atoms with Gasteiger partial charge in [0.1, 0.15) is 5.01 Å². The molecule has 0 N–H and O–H groups in total. The van der Waals surface area contributed by atoms with Crippen molar-refractivity contribution in [3.63, 3.8) is 0 Å². The molecule has 3 rings (SSSR count). The smallest absolute Gasteiger partial charge is 0.219 e. The molecule has 0 aromatic carbocycles. The predicted octanol–water partition coefficient (Wildman–Crippen LogP) is 3.62. The third-order valence-electron chi connectivity index (χ3n) is 4.56. The van der Waals surface area contributed by atoms with Crippen LogP contribution in [-0.4, -0.2) is 33.9 Å². The predicted molar refractivity (Wildman–Crippen MR) is 93.5 cm³/mol. The summed E-state index contributed by atoms with van der Waals surface area (Å²) in [7, 11) is 0. The monoisotopic (exact) mass is 329 g/mol. The Bertz CT molecular complexity index is 691. The van der Waals surface area contributed by atoms with E-state index < -0.39 is 0 Å². The average molecular weight is 329 g/mol. The molecule has 0 spiro atoms. The van der Waals surface area contributed by atoms with Gasteiger partial charge >= 0.3 is 0 Å². The summed E-state index contributed by atoms with van der Waals surface area (Å²) in [4.78, 5) is 23.9. The van der Waals surface area contributed by atoms with Crippen molar-refractivity contribution >= 4 is 17.2 Å². The summed E-state index contributed by atoms with van der Waals surface area (Å²) in [5.74, 6) is 0.738. The summed E-state index contributed by atoms with van der Waals surface area (Å²) in [6, 6.07) is 4.24. The Morgan fingerprint density at radius 1 is 1.43 bits per heavy atom. The van der Waals surface area contributed by atoms with Gasteiger partial charge in [-0.25, -0.2) is 4.98 Å². The van der Waals surface area contributed by atoms with E-state index in [1.807, 2.05) is 18.0 Å². The Balaban J connectivity index is 1.74. The molecule has 0 bridgehead atoms. The first-order valence-electron chi connectivity index (χ1n) is 8.18. The second-order valence-corrected chi connectivity index (χ2v) is 7.59. The lowest BCUT2D eigenvalue weighted by Crippen LogP contribution is -2.39. The molecule has 1 aliphatic rings. The zero-order chi connectivity index (χ0) is 16.4. The molecule has 0 aliphatic carbocycles. The van der Waals surface area contributed by atoms with Gasteiger partial charge < -0.3 is 4.90 Å². The molecule has 4 nitrogen and oxygen atoms in total. The van der Waals surface area contributed by atoms with Crippen LogP contribution in [0.1, 0.15) is 35.9 Å². The van der Waals surface area contributed by atoms with Crippen LogP contribution in [0.4, 0.5) is 0 Å². The van der Waals surface area contributed by atoms with Gasteiger partial charge in [-0.3, -0.25) is 9.78 Å². The number of nitrogens with zero attached hydrogens (tertiary/aromatic N) is 3. The van der Waals surface area contributed by atoms with Crippen molar-refractivity contribution in [2.75, 3.05) is 13.1 Å². The second kappa shape index (κ2) is 6.79. The van der Waals surface area contributed by atoms with Crippen LogP contribution in [0.3, 0.4) is 0 Å². The first-order valence-corrected chi connectivity index (χ1v) is 8.99. The number of rotatable bonds is 3. The maximum Gasteiger partial charge on any atom is 0.219 e. The molecule has 0 radical (unpaired) electrons. The highest BCUT2D eigenvalue weighted by Crippen LogP contribution is 2.27. The van der Waals surface area contributed by atoms with E-state index in [9.17, 15) is 4.79 Å². The summed E-state index contributed by atoms with van der Waals surface area (Å²) in [6.07, 6.45) is 5.18. The lowest BCUT2D eigenvalue weighted by molar-refractivity contribution is -0.130. The van der Waals surface area contributed by atoms with E-state index in [2.05, 4.69) is 29.0 Å². The third-order valence-corrected chi connectivity index (χ3v) is 5.66. The molecule has 2 aromatic rings. The molecule has 1 fully saturated rings. The van der Waals surface area contributed by atoms with Crippen LogP contribution in [0.2, 0.25) is 0 Å². The standard InChI is InChI=1S/C18H23N3OS/c1-12-13(2)23-18(20-12)17-10-15(6-7-19-17)9-16-5-4-8-21(11-16)14(3)22/h6-7,10,16H,4-5,8-9,11H2,1-3H3. The molecule has 23 heavy (non-hydrogen) atoms. The molecule has 5 heteroatoms. The van der Waals surface area contributed by atoms with Crippen LogP contribution >= 0.6 is 11.3 Å². The number of thiazole rings is 1. The van der Waals surface area contributed by atoms with Crippen molar-refractivity contribution in [3.05, 3.63) is 34.5 Å². The van der Waals surface area contributed by atoms with E-state index in [0.29, 0.717) is 5.92 Å². The minimum absolute atomic E-state index is 0.193. The van der Waals surface area contributed by atoms with Gasteiger partial charge in [-0.1, -0.05) is 0 Å². The summed E-state index contributed by atoms with van der Waals surface area (Å²) < 4.78 is 0. The van der Waals surface area contributed by atoms with Gasteiger partial charge in [0, 0.05) is 31.1 Å². The topological polar surface area (TPSA) is 46.1 Å². The number of carbonyl (C=O) groups excluding carboxylic acids is 1. The van der Waals surface area contributed by atoms with Gasteiger partial charge in [-0.05, 0) is 56.7 Å². The van der Waals surface area contributed by atoms with Gasteiger partial charge in [-0.2, -0.15) is 0 Å². The third kappa shape index (κ3) is 3.78. The van der Waals surface area contributed by atoms with Crippen molar-refractivity contribution in [3.8, 4) is 10.7 Å². The first-order chi connectivity index (χ1) is 11.0. The van der Waals surface area contributed by atoms with E-state index in [1.165, 1.54) is 16.9 Å². The lowest BCUT2D eigenvalue weighted by atomic mass is 9.91. The van der Waals surface area contributed by atoms with Gasteiger partial charge in [0.25, 0.3) is 0 Å². The quantitative estimate of drug-likeness (QED) is 0.864. The SMILES string of the molecule is CC(=O)N1CCCC(Cc2ccnc(-c3nc(C)c(C)s3)c2)C1. The molecular formula is C18H23N3OS. The highest BCUT2D eigenvalue weighted by molar-refractivity contribution is 7.15. The fraction of sp³-hybridized carbons (Fsp3) is 0.500. The van der Waals surface area contributed by atoms with E-state index in [4.69, 9.17) is 0 Å². The van der Waals surface area contributed by atoms with Crippen molar-refractivity contribution in [2.24, 2.45) is 5.92 Å². The van der Waals surface area contributed by atoms with Crippen LogP contribution in [-0.2, 0) is 11.2 Å². The van der Waals surface area contributed by atoms with Crippen LogP contribution < -0.4 is 0 Å². The summed E-state index contributed by atoms with van der Waals surface area (Å²) in [6.45, 7) is 7.59. The van der Waals surface area contributed by atoms with Crippen molar-refractivity contribution < 1.29 is 4.79 Å². The summed E-state index contributed by atoms with van der Waals surface area (Å²) in [5, 5.41) is 0.996. The Hall–Kier alpha value is -1.75. The van der Waals surface area contributed by atoms with E-state index in [-0.39, 0.29) is 5.91 Å². The van der Waals surface area contributed by atoms with Gasteiger partial charge in [0.2, 0.25) is 5.91 Å². The van der Waals surface area contributed by atoms with Gasteiger partial charge in [0.15, 0.2) is 0 Å². The maximum absolute atomic E-state index is 11.6. The molecule has 0 saturated carbocycles.